The molecule has 1 unspecified atom stereocenters. The topological polar surface area (TPSA) is 157 Å². The molecular formula is C38H66N6O6. The van der Waals surface area contributed by atoms with Crippen molar-refractivity contribution in [2.75, 3.05) is 26.2 Å². The van der Waals surface area contributed by atoms with Crippen LogP contribution in [-0.2, 0) is 24.0 Å². The van der Waals surface area contributed by atoms with Gasteiger partial charge in [0.05, 0.1) is 6.04 Å². The number of nitrogens with zero attached hydrogens (tertiary/aromatic N) is 2. The maximum absolute atomic E-state index is 14.5. The molecule has 6 amide bonds. The molecule has 0 aliphatic carbocycles. The number of carbonyl (C=O) groups excluding carboxylic acids is 6. The average molecular weight is 703 g/mol. The molecule has 0 spiro atoms. The molecule has 2 fully saturated rings. The van der Waals surface area contributed by atoms with Gasteiger partial charge in [0.2, 0.25) is 23.5 Å². The van der Waals surface area contributed by atoms with E-state index in [1.165, 1.54) is 0 Å². The normalized spacial score (nSPS) is 20.4. The van der Waals surface area contributed by atoms with Gasteiger partial charge in [-0.1, -0.05) is 87.3 Å². The number of ketones is 1. The van der Waals surface area contributed by atoms with Crippen LogP contribution in [0, 0.1) is 22.7 Å². The molecule has 284 valence electrons. The van der Waals surface area contributed by atoms with Gasteiger partial charge in [-0.25, -0.2) is 4.79 Å². The van der Waals surface area contributed by atoms with Gasteiger partial charge in [-0.2, -0.15) is 0 Å². The minimum atomic E-state index is -1.17. The number of hydrogen-bond acceptors (Lipinski definition) is 6. The molecule has 2 aliphatic heterocycles. The average Bonchev–Trinajstić information content (AvgIpc) is 3.43. The summed E-state index contributed by atoms with van der Waals surface area (Å²) < 4.78 is 0. The fraction of sp³-hybridized carbons (Fsp3) is 0.789. The fourth-order valence-electron chi connectivity index (χ4n) is 6.65. The van der Waals surface area contributed by atoms with Crippen molar-refractivity contribution in [2.24, 2.45) is 22.7 Å². The molecule has 0 aromatic carbocycles. The van der Waals surface area contributed by atoms with Crippen LogP contribution in [0.1, 0.15) is 121 Å². The van der Waals surface area contributed by atoms with Crippen LogP contribution in [0.3, 0.4) is 0 Å². The van der Waals surface area contributed by atoms with Gasteiger partial charge < -0.3 is 31.1 Å². The second-order valence-electron chi connectivity index (χ2n) is 16.6. The number of likely N-dealkylation sites (tertiary alicyclic amines) is 2. The summed E-state index contributed by atoms with van der Waals surface area (Å²) in [4.78, 5) is 83.9. The fourth-order valence-corrected chi connectivity index (χ4v) is 6.65. The lowest BCUT2D eigenvalue weighted by molar-refractivity contribution is -0.144. The number of unbranched alkanes of at least 4 members (excludes halogenated alkanes) is 2. The number of piperidine rings is 1. The van der Waals surface area contributed by atoms with Crippen LogP contribution in [0.5, 0.6) is 0 Å². The highest BCUT2D eigenvalue weighted by atomic mass is 16.2. The maximum Gasteiger partial charge on any atom is 0.315 e. The Kier molecular flexibility index (Phi) is 16.4. The van der Waals surface area contributed by atoms with Crippen molar-refractivity contribution in [1.29, 1.82) is 0 Å². The number of Topliss-reactive ketones (excluding diaryl/α,β-unsaturated/α-hetero) is 1. The van der Waals surface area contributed by atoms with Crippen molar-refractivity contribution in [2.45, 2.75) is 145 Å². The Hall–Kier alpha value is -3.44. The first kappa shape index (κ1) is 42.7. The highest BCUT2D eigenvalue weighted by Gasteiger charge is 2.47. The molecule has 2 saturated heterocycles. The number of amides is 6. The zero-order chi connectivity index (χ0) is 37.8. The van der Waals surface area contributed by atoms with Gasteiger partial charge in [-0.05, 0) is 61.7 Å². The molecule has 2 heterocycles. The zero-order valence-corrected chi connectivity index (χ0v) is 32.4. The van der Waals surface area contributed by atoms with E-state index >= 15 is 0 Å². The van der Waals surface area contributed by atoms with Gasteiger partial charge in [-0.3, -0.25) is 24.0 Å². The summed E-state index contributed by atoms with van der Waals surface area (Å²) in [6, 6.07) is -3.93. The Morgan fingerprint density at radius 2 is 1.60 bits per heavy atom. The second-order valence-corrected chi connectivity index (χ2v) is 16.6. The summed E-state index contributed by atoms with van der Waals surface area (Å²) >= 11 is 0. The standard InChI is InChI=1S/C38H66N6O6/c1-11-13-14-15-18-27(31(46)34(48)39-12-2)40-33(47)30-26(23-25(3)4)20-22-44(30)35(49)32(38(8,9)10)42-36(50)41-28(37(5,6)7)24-43-21-17-16-19-29(43)45/h15,18,25-28,30,32H,11-14,16-17,19-24H2,1-10H3,(H,39,48)(H,40,47)(H2,41,42,50)/b18-15+/t26-,27?,28-,30+,32-/m1/s1. The molecule has 0 aromatic heterocycles. The smallest absolute Gasteiger partial charge is 0.315 e. The van der Waals surface area contributed by atoms with E-state index in [9.17, 15) is 28.8 Å². The Morgan fingerprint density at radius 3 is 2.16 bits per heavy atom. The van der Waals surface area contributed by atoms with Crippen LogP contribution in [-0.4, -0.2) is 95.6 Å². The van der Waals surface area contributed by atoms with E-state index in [4.69, 9.17) is 0 Å². The molecule has 2 rings (SSSR count). The third kappa shape index (κ3) is 12.7. The lowest BCUT2D eigenvalue weighted by atomic mass is 9.84. The molecule has 0 bridgehead atoms. The van der Waals surface area contributed by atoms with E-state index in [-0.39, 0.29) is 41.7 Å². The van der Waals surface area contributed by atoms with E-state index in [1.54, 1.807) is 28.9 Å². The Bertz CT molecular complexity index is 1220. The predicted molar refractivity (Wildman–Crippen MR) is 196 cm³/mol. The van der Waals surface area contributed by atoms with Crippen molar-refractivity contribution < 1.29 is 28.8 Å². The Labute approximate surface area is 300 Å². The first-order valence-electron chi connectivity index (χ1n) is 18.8. The molecule has 4 N–H and O–H groups in total. The molecule has 2 aliphatic rings. The summed E-state index contributed by atoms with van der Waals surface area (Å²) in [5, 5.41) is 11.3. The second kappa shape index (κ2) is 19.2. The summed E-state index contributed by atoms with van der Waals surface area (Å²) in [7, 11) is 0. The third-order valence-electron chi connectivity index (χ3n) is 9.61. The number of rotatable bonds is 16. The molecule has 50 heavy (non-hydrogen) atoms. The van der Waals surface area contributed by atoms with E-state index in [2.05, 4.69) is 42.0 Å². The van der Waals surface area contributed by atoms with E-state index in [0.717, 1.165) is 25.7 Å². The van der Waals surface area contributed by atoms with Crippen LogP contribution in [0.25, 0.3) is 0 Å². The number of allylic oxidation sites excluding steroid dienone is 1. The number of likely N-dealkylation sites (N-methyl/N-ethyl adjacent to an activating group) is 1. The zero-order valence-electron chi connectivity index (χ0n) is 32.4. The quantitative estimate of drug-likeness (QED) is 0.107. The molecule has 5 atom stereocenters. The monoisotopic (exact) mass is 703 g/mol. The molecule has 0 aromatic rings. The number of urea groups is 1. The van der Waals surface area contributed by atoms with Crippen LogP contribution in [0.15, 0.2) is 12.2 Å². The summed E-state index contributed by atoms with van der Waals surface area (Å²) in [5.74, 6) is -2.29. The largest absolute Gasteiger partial charge is 0.350 e. The Balaban J connectivity index is 2.37. The van der Waals surface area contributed by atoms with Gasteiger partial charge >= 0.3 is 6.03 Å². The molecular weight excluding hydrogens is 636 g/mol. The van der Waals surface area contributed by atoms with Crippen LogP contribution < -0.4 is 21.3 Å². The van der Waals surface area contributed by atoms with Gasteiger partial charge in [0.25, 0.3) is 5.91 Å². The van der Waals surface area contributed by atoms with E-state index < -0.39 is 47.2 Å². The van der Waals surface area contributed by atoms with Crippen LogP contribution in [0.2, 0.25) is 0 Å². The van der Waals surface area contributed by atoms with Crippen LogP contribution >= 0.6 is 0 Å². The number of nitrogens with one attached hydrogen (secondary N) is 4. The number of carbonyl (C=O) groups is 6. The van der Waals surface area contributed by atoms with Crippen molar-refractivity contribution >= 4 is 35.4 Å². The Morgan fingerprint density at radius 1 is 0.920 bits per heavy atom. The first-order chi connectivity index (χ1) is 23.3. The molecule has 12 heteroatoms. The van der Waals surface area contributed by atoms with Crippen molar-refractivity contribution in [3.05, 3.63) is 12.2 Å². The number of hydrogen-bond donors (Lipinski definition) is 4. The van der Waals surface area contributed by atoms with E-state index in [0.29, 0.717) is 45.3 Å². The summed E-state index contributed by atoms with van der Waals surface area (Å²) in [6.45, 7) is 21.1. The van der Waals surface area contributed by atoms with Crippen LogP contribution in [0.4, 0.5) is 4.79 Å². The predicted octanol–water partition coefficient (Wildman–Crippen LogP) is 4.33. The first-order valence-corrected chi connectivity index (χ1v) is 18.8. The molecule has 0 saturated carbocycles. The third-order valence-corrected chi connectivity index (χ3v) is 9.61. The van der Waals surface area contributed by atoms with Crippen molar-refractivity contribution in [3.63, 3.8) is 0 Å². The highest BCUT2D eigenvalue weighted by Crippen LogP contribution is 2.33. The molecule has 12 nitrogen and oxygen atoms in total. The minimum Gasteiger partial charge on any atom is -0.350 e. The van der Waals surface area contributed by atoms with Gasteiger partial charge in [-0.15, -0.1) is 0 Å². The van der Waals surface area contributed by atoms with Gasteiger partial charge in [0.1, 0.15) is 18.1 Å². The van der Waals surface area contributed by atoms with E-state index in [1.807, 2.05) is 41.5 Å². The lowest BCUT2D eigenvalue weighted by Crippen LogP contribution is -2.62. The molecule has 0 radical (unpaired) electrons. The van der Waals surface area contributed by atoms with Gasteiger partial charge in [0, 0.05) is 32.6 Å². The maximum atomic E-state index is 14.5. The summed E-state index contributed by atoms with van der Waals surface area (Å²) in [6.07, 6.45) is 9.48. The minimum absolute atomic E-state index is 0.0798. The van der Waals surface area contributed by atoms with Gasteiger partial charge in [0.15, 0.2) is 0 Å². The lowest BCUT2D eigenvalue weighted by Gasteiger charge is -2.39. The van der Waals surface area contributed by atoms with Crippen molar-refractivity contribution in [3.8, 4) is 0 Å². The van der Waals surface area contributed by atoms with Crippen molar-refractivity contribution in [1.82, 2.24) is 31.1 Å². The highest BCUT2D eigenvalue weighted by molar-refractivity contribution is 6.39. The SMILES string of the molecule is CCCC/C=C/C(NC(=O)[C@@H]1[C@@H](CC(C)C)CCN1C(=O)[C@@H](NC(=O)N[C@H](CN1CCCCC1=O)C(C)(C)C)C(C)(C)C)C(=O)C(=O)NCC. The summed E-state index contributed by atoms with van der Waals surface area (Å²) in [5.41, 5.74) is -1.09.